The van der Waals surface area contributed by atoms with Crippen LogP contribution in [0.2, 0.25) is 0 Å². The van der Waals surface area contributed by atoms with Gasteiger partial charge in [-0.15, -0.1) is 0 Å². The van der Waals surface area contributed by atoms with Crippen molar-refractivity contribution in [3.63, 3.8) is 0 Å². The number of furan rings is 1. The summed E-state index contributed by atoms with van der Waals surface area (Å²) in [7, 11) is 0. The Kier molecular flexibility index (Phi) is 7.66. The molecular formula is C25H27FN2O4. The molecule has 0 amide bonds. The summed E-state index contributed by atoms with van der Waals surface area (Å²) in [5, 5.41) is 14.8. The van der Waals surface area contributed by atoms with Crippen LogP contribution in [0.3, 0.4) is 0 Å². The molecule has 1 aromatic heterocycles. The number of benzene rings is 2. The molecule has 0 aliphatic carbocycles. The van der Waals surface area contributed by atoms with Crippen LogP contribution in [0.4, 0.5) is 4.39 Å². The van der Waals surface area contributed by atoms with Crippen molar-refractivity contribution < 1.29 is 23.5 Å². The molecule has 0 bridgehead atoms. The molecule has 2 atom stereocenters. The molecule has 32 heavy (non-hydrogen) atoms. The summed E-state index contributed by atoms with van der Waals surface area (Å²) in [6, 6.07) is 20.2. The van der Waals surface area contributed by atoms with E-state index in [9.17, 15) is 9.50 Å². The highest BCUT2D eigenvalue weighted by molar-refractivity contribution is 6.01. The monoisotopic (exact) mass is 438 g/mol. The van der Waals surface area contributed by atoms with Crippen LogP contribution in [0.15, 0.2) is 82.6 Å². The predicted molar refractivity (Wildman–Crippen MR) is 119 cm³/mol. The van der Waals surface area contributed by atoms with E-state index in [4.69, 9.17) is 14.0 Å². The largest absolute Gasteiger partial charge is 0.467 e. The van der Waals surface area contributed by atoms with Crippen LogP contribution < -0.4 is 0 Å². The Bertz CT molecular complexity index is 994. The Morgan fingerprint density at radius 3 is 2.69 bits per heavy atom. The van der Waals surface area contributed by atoms with Gasteiger partial charge in [0.05, 0.1) is 24.7 Å². The van der Waals surface area contributed by atoms with Crippen molar-refractivity contribution >= 4 is 5.71 Å². The van der Waals surface area contributed by atoms with Gasteiger partial charge in [0.25, 0.3) is 0 Å². The van der Waals surface area contributed by atoms with Crippen molar-refractivity contribution in [3.8, 4) is 0 Å². The highest BCUT2D eigenvalue weighted by Gasteiger charge is 2.26. The Morgan fingerprint density at radius 2 is 1.91 bits per heavy atom. The number of hydrogen-bond acceptors (Lipinski definition) is 6. The number of aliphatic hydroxyl groups is 1. The molecule has 168 valence electrons. The summed E-state index contributed by atoms with van der Waals surface area (Å²) in [4.78, 5) is 7.64. The van der Waals surface area contributed by atoms with Crippen LogP contribution in [0.25, 0.3) is 0 Å². The molecule has 0 spiro atoms. The SMILES string of the molecule is O[C@H](COCc1ccco1)CN(Cc1ccccc1F)C[C@H]1CC(c2ccccc2)=NO1. The van der Waals surface area contributed by atoms with Gasteiger partial charge in [-0.25, -0.2) is 4.39 Å². The van der Waals surface area contributed by atoms with Crippen LogP contribution in [0.5, 0.6) is 0 Å². The van der Waals surface area contributed by atoms with Gasteiger partial charge in [-0.2, -0.15) is 0 Å². The van der Waals surface area contributed by atoms with Crippen molar-refractivity contribution in [2.75, 3.05) is 19.7 Å². The highest BCUT2D eigenvalue weighted by atomic mass is 19.1. The average Bonchev–Trinajstić information content (AvgIpc) is 3.48. The van der Waals surface area contributed by atoms with Gasteiger partial charge in [0.1, 0.15) is 24.3 Å². The number of aliphatic hydroxyl groups excluding tert-OH is 1. The minimum Gasteiger partial charge on any atom is -0.467 e. The van der Waals surface area contributed by atoms with E-state index < -0.39 is 6.10 Å². The average molecular weight is 438 g/mol. The number of nitrogens with zero attached hydrogens (tertiary/aromatic N) is 2. The zero-order chi connectivity index (χ0) is 22.2. The molecule has 4 rings (SSSR count). The van der Waals surface area contributed by atoms with E-state index in [2.05, 4.69) is 5.16 Å². The van der Waals surface area contributed by atoms with Gasteiger partial charge in [0.2, 0.25) is 0 Å². The molecule has 7 heteroatoms. The lowest BCUT2D eigenvalue weighted by atomic mass is 10.0. The van der Waals surface area contributed by atoms with Crippen LogP contribution in [-0.2, 0) is 22.7 Å². The topological polar surface area (TPSA) is 67.4 Å². The minimum atomic E-state index is -0.743. The van der Waals surface area contributed by atoms with Gasteiger partial charge < -0.3 is 19.1 Å². The molecule has 1 N–H and O–H groups in total. The zero-order valence-electron chi connectivity index (χ0n) is 17.8. The Hall–Kier alpha value is -3.00. The van der Waals surface area contributed by atoms with E-state index in [0.717, 1.165) is 11.3 Å². The van der Waals surface area contributed by atoms with Crippen molar-refractivity contribution in [1.29, 1.82) is 0 Å². The van der Waals surface area contributed by atoms with Gasteiger partial charge in [0.15, 0.2) is 0 Å². The molecule has 6 nitrogen and oxygen atoms in total. The van der Waals surface area contributed by atoms with E-state index in [0.29, 0.717) is 37.4 Å². The van der Waals surface area contributed by atoms with E-state index in [1.165, 1.54) is 6.07 Å². The first-order chi connectivity index (χ1) is 15.7. The lowest BCUT2D eigenvalue weighted by Crippen LogP contribution is -2.39. The van der Waals surface area contributed by atoms with Crippen molar-refractivity contribution in [2.45, 2.75) is 31.8 Å². The molecule has 1 aliphatic heterocycles. The molecule has 2 aromatic carbocycles. The van der Waals surface area contributed by atoms with E-state index >= 15 is 0 Å². The van der Waals surface area contributed by atoms with Gasteiger partial charge >= 0.3 is 0 Å². The van der Waals surface area contributed by atoms with Crippen molar-refractivity contribution in [1.82, 2.24) is 4.90 Å². The Morgan fingerprint density at radius 1 is 1.09 bits per heavy atom. The second-order valence-electron chi connectivity index (χ2n) is 7.87. The smallest absolute Gasteiger partial charge is 0.145 e. The van der Waals surface area contributed by atoms with Gasteiger partial charge in [-0.1, -0.05) is 53.7 Å². The fourth-order valence-corrected chi connectivity index (χ4v) is 3.73. The summed E-state index contributed by atoms with van der Waals surface area (Å²) < 4.78 is 25.1. The molecule has 1 aliphatic rings. The standard InChI is InChI=1S/C25H27FN2O4/c26-24-11-5-4-9-20(24)14-28(15-21(29)17-30-18-22-10-6-12-31-22)16-23-13-25(27-32-23)19-7-2-1-3-8-19/h1-12,21,23,29H,13-18H2/t21-,23+/m0/s1. The van der Waals surface area contributed by atoms with Crippen LogP contribution in [-0.4, -0.2) is 47.6 Å². The third-order valence-electron chi connectivity index (χ3n) is 5.26. The van der Waals surface area contributed by atoms with E-state index in [-0.39, 0.29) is 25.1 Å². The van der Waals surface area contributed by atoms with Gasteiger partial charge in [0, 0.05) is 31.6 Å². The summed E-state index contributed by atoms with van der Waals surface area (Å²) >= 11 is 0. The number of ether oxygens (including phenoxy) is 1. The maximum Gasteiger partial charge on any atom is 0.145 e. The third kappa shape index (κ3) is 6.26. The summed E-state index contributed by atoms with van der Waals surface area (Å²) in [6.45, 7) is 1.60. The van der Waals surface area contributed by atoms with Crippen molar-refractivity contribution in [3.05, 3.63) is 95.7 Å². The molecule has 0 unspecified atom stereocenters. The lowest BCUT2D eigenvalue weighted by Gasteiger charge is -2.27. The third-order valence-corrected chi connectivity index (χ3v) is 5.26. The van der Waals surface area contributed by atoms with Gasteiger partial charge in [-0.3, -0.25) is 4.90 Å². The zero-order valence-corrected chi connectivity index (χ0v) is 17.8. The summed E-state index contributed by atoms with van der Waals surface area (Å²) in [6.07, 6.45) is 1.32. The Labute approximate surface area is 186 Å². The second-order valence-corrected chi connectivity index (χ2v) is 7.87. The van der Waals surface area contributed by atoms with E-state index in [1.807, 2.05) is 47.4 Å². The molecule has 2 heterocycles. The number of halogens is 1. The van der Waals surface area contributed by atoms with E-state index in [1.54, 1.807) is 24.5 Å². The summed E-state index contributed by atoms with van der Waals surface area (Å²) in [5.74, 6) is 0.431. The molecule has 0 saturated heterocycles. The highest BCUT2D eigenvalue weighted by Crippen LogP contribution is 2.19. The maximum atomic E-state index is 14.3. The molecule has 0 radical (unpaired) electrons. The lowest BCUT2D eigenvalue weighted by molar-refractivity contribution is -0.00976. The fraction of sp³-hybridized carbons (Fsp3) is 0.320. The van der Waals surface area contributed by atoms with Crippen LogP contribution >= 0.6 is 0 Å². The molecule has 0 fully saturated rings. The normalized spacial score (nSPS) is 16.7. The molecular weight excluding hydrogens is 411 g/mol. The first kappa shape index (κ1) is 22.2. The number of oxime groups is 1. The first-order valence-electron chi connectivity index (χ1n) is 10.7. The summed E-state index contributed by atoms with van der Waals surface area (Å²) in [5.41, 5.74) is 2.49. The fourth-order valence-electron chi connectivity index (χ4n) is 3.73. The molecule has 0 saturated carbocycles. The Balaban J connectivity index is 1.35. The number of rotatable bonds is 11. The van der Waals surface area contributed by atoms with Crippen LogP contribution in [0.1, 0.15) is 23.3 Å². The van der Waals surface area contributed by atoms with Crippen LogP contribution in [0, 0.1) is 5.82 Å². The molecule has 3 aromatic rings. The van der Waals surface area contributed by atoms with Crippen molar-refractivity contribution in [2.24, 2.45) is 5.16 Å². The van der Waals surface area contributed by atoms with Gasteiger partial charge in [-0.05, 0) is 23.8 Å². The maximum absolute atomic E-state index is 14.3. The minimum absolute atomic E-state index is 0.145. The predicted octanol–water partition coefficient (Wildman–Crippen LogP) is 3.99. The second kappa shape index (κ2) is 11.0. The number of hydrogen-bond donors (Lipinski definition) is 1. The quantitative estimate of drug-likeness (QED) is 0.490. The first-order valence-corrected chi connectivity index (χ1v) is 10.7.